The number of primary sulfonamides is 1. The van der Waals surface area contributed by atoms with E-state index in [1.807, 2.05) is 6.92 Å². The lowest BCUT2D eigenvalue weighted by Crippen LogP contribution is -2.45. The second-order valence-electron chi connectivity index (χ2n) is 5.95. The fraction of sp³-hybridized carbons (Fsp3) is 0.533. The number of rotatable bonds is 4. The third kappa shape index (κ3) is 4.28. The van der Waals surface area contributed by atoms with Crippen LogP contribution in [0, 0.1) is 5.92 Å². The zero-order valence-corrected chi connectivity index (χ0v) is 13.8. The van der Waals surface area contributed by atoms with Gasteiger partial charge in [0.25, 0.3) is 0 Å². The number of anilines is 1. The highest BCUT2D eigenvalue weighted by atomic mass is 32.2. The van der Waals surface area contributed by atoms with Crippen molar-refractivity contribution in [1.29, 1.82) is 0 Å². The highest BCUT2D eigenvalue weighted by Gasteiger charge is 2.25. The molecule has 1 aliphatic rings. The third-order valence-electron chi connectivity index (χ3n) is 4.20. The van der Waals surface area contributed by atoms with Gasteiger partial charge < -0.3 is 5.32 Å². The van der Waals surface area contributed by atoms with Gasteiger partial charge in [0.05, 0.1) is 10.9 Å². The van der Waals surface area contributed by atoms with Gasteiger partial charge in [0, 0.05) is 5.69 Å². The lowest BCUT2D eigenvalue weighted by atomic mass is 9.98. The van der Waals surface area contributed by atoms with Crippen LogP contribution in [0.5, 0.6) is 0 Å². The number of nitrogens with two attached hydrogens (primary N) is 1. The SMILES string of the molecule is CC1CCN([C@H](C)C(=O)Nc2ccc(S(N)(=O)=O)cc2)CC1. The van der Waals surface area contributed by atoms with Crippen molar-refractivity contribution in [2.24, 2.45) is 11.1 Å². The van der Waals surface area contributed by atoms with E-state index >= 15 is 0 Å². The molecule has 1 aromatic rings. The van der Waals surface area contributed by atoms with E-state index in [1.165, 1.54) is 12.1 Å². The van der Waals surface area contributed by atoms with Crippen molar-refractivity contribution in [2.75, 3.05) is 18.4 Å². The van der Waals surface area contributed by atoms with E-state index in [0.29, 0.717) is 5.69 Å². The van der Waals surface area contributed by atoms with Crippen molar-refractivity contribution in [2.45, 2.75) is 37.6 Å². The van der Waals surface area contributed by atoms with Crippen LogP contribution in [0.2, 0.25) is 0 Å². The molecule has 1 atom stereocenters. The zero-order valence-electron chi connectivity index (χ0n) is 13.0. The quantitative estimate of drug-likeness (QED) is 0.875. The first-order valence-electron chi connectivity index (χ1n) is 7.45. The van der Waals surface area contributed by atoms with Crippen LogP contribution in [0.15, 0.2) is 29.2 Å². The van der Waals surface area contributed by atoms with Gasteiger partial charge >= 0.3 is 0 Å². The highest BCUT2D eigenvalue weighted by Crippen LogP contribution is 2.19. The minimum absolute atomic E-state index is 0.0311. The first-order chi connectivity index (χ1) is 10.3. The topological polar surface area (TPSA) is 92.5 Å². The molecule has 1 saturated heterocycles. The number of nitrogens with zero attached hydrogens (tertiary/aromatic N) is 1. The molecule has 6 nitrogen and oxygen atoms in total. The lowest BCUT2D eigenvalue weighted by Gasteiger charge is -2.34. The number of nitrogens with one attached hydrogen (secondary N) is 1. The highest BCUT2D eigenvalue weighted by molar-refractivity contribution is 7.89. The van der Waals surface area contributed by atoms with Crippen molar-refractivity contribution >= 4 is 21.6 Å². The number of carbonyl (C=O) groups excluding carboxylic acids is 1. The molecule has 2 rings (SSSR count). The van der Waals surface area contributed by atoms with Gasteiger partial charge in [0.15, 0.2) is 0 Å². The molecule has 0 saturated carbocycles. The number of amides is 1. The molecular formula is C15H23N3O3S. The van der Waals surface area contributed by atoms with E-state index < -0.39 is 10.0 Å². The molecule has 0 unspecified atom stereocenters. The molecule has 22 heavy (non-hydrogen) atoms. The maximum Gasteiger partial charge on any atom is 0.241 e. The summed E-state index contributed by atoms with van der Waals surface area (Å²) < 4.78 is 22.4. The zero-order chi connectivity index (χ0) is 16.3. The van der Waals surface area contributed by atoms with Crippen LogP contribution in [0.3, 0.4) is 0 Å². The summed E-state index contributed by atoms with van der Waals surface area (Å²) in [5.41, 5.74) is 0.564. The van der Waals surface area contributed by atoms with E-state index in [0.717, 1.165) is 31.8 Å². The third-order valence-corrected chi connectivity index (χ3v) is 5.13. The molecule has 1 aromatic carbocycles. The summed E-state index contributed by atoms with van der Waals surface area (Å²) in [5, 5.41) is 7.86. The van der Waals surface area contributed by atoms with Gasteiger partial charge in [-0.3, -0.25) is 9.69 Å². The number of hydrogen-bond donors (Lipinski definition) is 2. The van der Waals surface area contributed by atoms with Gasteiger partial charge in [-0.25, -0.2) is 13.6 Å². The molecular weight excluding hydrogens is 302 g/mol. The minimum Gasteiger partial charge on any atom is -0.325 e. The Morgan fingerprint density at radius 1 is 1.27 bits per heavy atom. The number of benzene rings is 1. The van der Waals surface area contributed by atoms with Crippen molar-refractivity contribution in [3.8, 4) is 0 Å². The van der Waals surface area contributed by atoms with Crippen molar-refractivity contribution in [3.63, 3.8) is 0 Å². The second kappa shape index (κ2) is 6.76. The number of sulfonamides is 1. The van der Waals surface area contributed by atoms with E-state index in [1.54, 1.807) is 12.1 Å². The molecule has 1 heterocycles. The van der Waals surface area contributed by atoms with Gasteiger partial charge in [0.2, 0.25) is 15.9 Å². The van der Waals surface area contributed by atoms with E-state index in [2.05, 4.69) is 17.1 Å². The molecule has 1 fully saturated rings. The Balaban J connectivity index is 1.96. The van der Waals surface area contributed by atoms with E-state index in [9.17, 15) is 13.2 Å². The largest absolute Gasteiger partial charge is 0.325 e. The van der Waals surface area contributed by atoms with Crippen molar-refractivity contribution in [1.82, 2.24) is 4.90 Å². The Morgan fingerprint density at radius 2 is 1.82 bits per heavy atom. The summed E-state index contributed by atoms with van der Waals surface area (Å²) in [5.74, 6) is 0.634. The molecule has 3 N–H and O–H groups in total. The maximum atomic E-state index is 12.3. The number of hydrogen-bond acceptors (Lipinski definition) is 4. The Bertz CT molecular complexity index is 620. The summed E-state index contributed by atoms with van der Waals surface area (Å²) in [6.07, 6.45) is 2.22. The Hall–Kier alpha value is -1.44. The van der Waals surface area contributed by atoms with Gasteiger partial charge in [-0.2, -0.15) is 0 Å². The predicted octanol–water partition coefficient (Wildman–Crippen LogP) is 1.39. The van der Waals surface area contributed by atoms with Crippen LogP contribution in [0.25, 0.3) is 0 Å². The summed E-state index contributed by atoms with van der Waals surface area (Å²) in [4.78, 5) is 14.5. The molecule has 0 aliphatic carbocycles. The normalized spacial score (nSPS) is 18.9. The number of piperidine rings is 1. The molecule has 0 radical (unpaired) electrons. The fourth-order valence-corrected chi connectivity index (χ4v) is 3.07. The summed E-state index contributed by atoms with van der Waals surface area (Å²) >= 11 is 0. The molecule has 0 aromatic heterocycles. The van der Waals surface area contributed by atoms with Crippen molar-refractivity contribution < 1.29 is 13.2 Å². The smallest absolute Gasteiger partial charge is 0.241 e. The number of likely N-dealkylation sites (tertiary alicyclic amines) is 1. The standard InChI is InChI=1S/C15H23N3O3S/c1-11-7-9-18(10-8-11)12(2)15(19)17-13-3-5-14(6-4-13)22(16,20)21/h3-6,11-12H,7-10H2,1-2H3,(H,17,19)(H2,16,20,21)/t12-/m1/s1. The maximum absolute atomic E-state index is 12.3. The van der Waals surface area contributed by atoms with Crippen LogP contribution in [-0.4, -0.2) is 38.4 Å². The fourth-order valence-electron chi connectivity index (χ4n) is 2.56. The summed E-state index contributed by atoms with van der Waals surface area (Å²) in [7, 11) is -3.71. The summed E-state index contributed by atoms with van der Waals surface area (Å²) in [6.45, 7) is 5.99. The van der Waals surface area contributed by atoms with Crippen LogP contribution in [-0.2, 0) is 14.8 Å². The first-order valence-corrected chi connectivity index (χ1v) is 9.00. The molecule has 0 bridgehead atoms. The summed E-state index contributed by atoms with van der Waals surface area (Å²) in [6, 6.07) is 5.66. The molecule has 122 valence electrons. The molecule has 1 amide bonds. The minimum atomic E-state index is -3.71. The van der Waals surface area contributed by atoms with Crippen LogP contribution < -0.4 is 10.5 Å². The average molecular weight is 325 g/mol. The van der Waals surface area contributed by atoms with Gasteiger partial charge in [0.1, 0.15) is 0 Å². The first kappa shape index (κ1) is 16.9. The predicted molar refractivity (Wildman–Crippen MR) is 85.9 cm³/mol. The Labute approximate surface area is 131 Å². The lowest BCUT2D eigenvalue weighted by molar-refractivity contribution is -0.121. The Morgan fingerprint density at radius 3 is 2.32 bits per heavy atom. The van der Waals surface area contributed by atoms with Crippen LogP contribution in [0.4, 0.5) is 5.69 Å². The molecule has 7 heteroatoms. The van der Waals surface area contributed by atoms with E-state index in [4.69, 9.17) is 5.14 Å². The monoisotopic (exact) mass is 325 g/mol. The molecule has 0 spiro atoms. The van der Waals surface area contributed by atoms with Crippen molar-refractivity contribution in [3.05, 3.63) is 24.3 Å². The van der Waals surface area contributed by atoms with Crippen LogP contribution >= 0.6 is 0 Å². The van der Waals surface area contributed by atoms with Crippen LogP contribution in [0.1, 0.15) is 26.7 Å². The Kier molecular flexibility index (Phi) is 5.20. The van der Waals surface area contributed by atoms with Gasteiger partial charge in [-0.1, -0.05) is 6.92 Å². The number of carbonyl (C=O) groups is 1. The second-order valence-corrected chi connectivity index (χ2v) is 7.51. The van der Waals surface area contributed by atoms with Gasteiger partial charge in [-0.05, 0) is 63.0 Å². The molecule has 1 aliphatic heterocycles. The average Bonchev–Trinajstić information content (AvgIpc) is 2.47. The van der Waals surface area contributed by atoms with Gasteiger partial charge in [-0.15, -0.1) is 0 Å². The van der Waals surface area contributed by atoms with E-state index in [-0.39, 0.29) is 16.8 Å².